The Morgan fingerprint density at radius 2 is 1.88 bits per heavy atom. The number of hydrogen-bond acceptors (Lipinski definition) is 6. The molecular formula is C16H15FN4O2S2. The van der Waals surface area contributed by atoms with Crippen LogP contribution < -0.4 is 4.90 Å². The van der Waals surface area contributed by atoms with Crippen molar-refractivity contribution in [2.75, 3.05) is 31.1 Å². The maximum absolute atomic E-state index is 13.4. The Morgan fingerprint density at radius 3 is 2.64 bits per heavy atom. The summed E-state index contributed by atoms with van der Waals surface area (Å²) in [5.41, 5.74) is 0. The largest absolute Gasteiger partial charge is 0.353 e. The standard InChI is InChI=1S/C16H15FN4O2S2/c17-12-2-1-3-13(10-12)25(22,23)21-7-5-20(6-8-21)15-14-4-9-24-16(14)19-11-18-15/h1-4,9-11H,5-8H2. The lowest BCUT2D eigenvalue weighted by Gasteiger charge is -2.34. The van der Waals surface area contributed by atoms with Gasteiger partial charge in [0.15, 0.2) is 0 Å². The molecule has 1 aliphatic rings. The summed E-state index contributed by atoms with van der Waals surface area (Å²) in [6.45, 7) is 1.70. The van der Waals surface area contributed by atoms with Gasteiger partial charge in [0.05, 0.1) is 10.3 Å². The van der Waals surface area contributed by atoms with Gasteiger partial charge >= 0.3 is 0 Å². The molecule has 6 nitrogen and oxygen atoms in total. The molecule has 0 N–H and O–H groups in total. The van der Waals surface area contributed by atoms with E-state index in [2.05, 4.69) is 14.9 Å². The van der Waals surface area contributed by atoms with Crippen molar-refractivity contribution in [2.45, 2.75) is 4.90 Å². The molecular weight excluding hydrogens is 363 g/mol. The summed E-state index contributed by atoms with van der Waals surface area (Å²) in [6.07, 6.45) is 1.53. The van der Waals surface area contributed by atoms with E-state index in [1.165, 1.54) is 28.8 Å². The molecule has 3 heterocycles. The van der Waals surface area contributed by atoms with E-state index in [9.17, 15) is 12.8 Å². The van der Waals surface area contributed by atoms with Crippen molar-refractivity contribution in [3.05, 3.63) is 47.9 Å². The number of hydrogen-bond donors (Lipinski definition) is 0. The maximum atomic E-state index is 13.4. The minimum atomic E-state index is -3.69. The number of piperazine rings is 1. The molecule has 0 unspecified atom stereocenters. The third-order valence-corrected chi connectivity index (χ3v) is 6.93. The fraction of sp³-hybridized carbons (Fsp3) is 0.250. The monoisotopic (exact) mass is 378 g/mol. The van der Waals surface area contributed by atoms with Crippen LogP contribution in [0, 0.1) is 5.82 Å². The number of rotatable bonds is 3. The smallest absolute Gasteiger partial charge is 0.243 e. The average molecular weight is 378 g/mol. The van der Waals surface area contributed by atoms with Crippen LogP contribution in [0.3, 0.4) is 0 Å². The first-order valence-electron chi connectivity index (χ1n) is 7.74. The third kappa shape index (κ3) is 2.99. The Kier molecular flexibility index (Phi) is 4.14. The van der Waals surface area contributed by atoms with E-state index in [1.54, 1.807) is 11.3 Å². The second kappa shape index (κ2) is 6.32. The molecule has 0 saturated carbocycles. The van der Waals surface area contributed by atoms with Gasteiger partial charge in [-0.05, 0) is 29.6 Å². The zero-order valence-corrected chi connectivity index (χ0v) is 14.8. The SMILES string of the molecule is O=S(=O)(c1cccc(F)c1)N1CCN(c2ncnc3sccc23)CC1. The number of benzene rings is 1. The summed E-state index contributed by atoms with van der Waals surface area (Å²) >= 11 is 1.55. The summed E-state index contributed by atoms with van der Waals surface area (Å²) < 4.78 is 40.1. The molecule has 9 heteroatoms. The van der Waals surface area contributed by atoms with Crippen molar-refractivity contribution in [3.63, 3.8) is 0 Å². The highest BCUT2D eigenvalue weighted by atomic mass is 32.2. The molecule has 4 rings (SSSR count). The summed E-state index contributed by atoms with van der Waals surface area (Å²) in [4.78, 5) is 11.6. The van der Waals surface area contributed by atoms with Crippen molar-refractivity contribution >= 4 is 37.4 Å². The first kappa shape index (κ1) is 16.4. The lowest BCUT2D eigenvalue weighted by molar-refractivity contribution is 0.384. The van der Waals surface area contributed by atoms with Gasteiger partial charge in [-0.1, -0.05) is 6.07 Å². The number of nitrogens with zero attached hydrogens (tertiary/aromatic N) is 4. The average Bonchev–Trinajstić information content (AvgIpc) is 3.10. The van der Waals surface area contributed by atoms with Crippen LogP contribution in [0.15, 0.2) is 46.9 Å². The van der Waals surface area contributed by atoms with Gasteiger partial charge in [-0.15, -0.1) is 11.3 Å². The van der Waals surface area contributed by atoms with Crippen LogP contribution >= 0.6 is 11.3 Å². The molecule has 3 aromatic rings. The fourth-order valence-electron chi connectivity index (χ4n) is 2.95. The molecule has 0 bridgehead atoms. The van der Waals surface area contributed by atoms with Crippen molar-refractivity contribution in [1.82, 2.24) is 14.3 Å². The molecule has 130 valence electrons. The Balaban J connectivity index is 1.54. The summed E-state index contributed by atoms with van der Waals surface area (Å²) in [5, 5.41) is 2.95. The van der Waals surface area contributed by atoms with Crippen LogP contribution in [-0.2, 0) is 10.0 Å². The van der Waals surface area contributed by atoms with E-state index in [0.29, 0.717) is 26.2 Å². The van der Waals surface area contributed by atoms with Gasteiger partial charge in [-0.25, -0.2) is 22.8 Å². The van der Waals surface area contributed by atoms with Crippen LogP contribution in [0.25, 0.3) is 10.2 Å². The van der Waals surface area contributed by atoms with Crippen LogP contribution in [0.2, 0.25) is 0 Å². The summed E-state index contributed by atoms with van der Waals surface area (Å²) in [5.74, 6) is 0.273. The molecule has 1 fully saturated rings. The molecule has 0 amide bonds. The van der Waals surface area contributed by atoms with E-state index in [4.69, 9.17) is 0 Å². The Morgan fingerprint density at radius 1 is 1.08 bits per heavy atom. The first-order valence-corrected chi connectivity index (χ1v) is 10.1. The van der Waals surface area contributed by atoms with E-state index >= 15 is 0 Å². The minimum absolute atomic E-state index is 0.0109. The normalized spacial score (nSPS) is 16.4. The van der Waals surface area contributed by atoms with E-state index in [-0.39, 0.29) is 4.90 Å². The number of sulfonamides is 1. The van der Waals surface area contributed by atoms with Crippen molar-refractivity contribution in [2.24, 2.45) is 0 Å². The first-order chi connectivity index (χ1) is 12.1. The van der Waals surface area contributed by atoms with Crippen LogP contribution in [0.4, 0.5) is 10.2 Å². The number of halogens is 1. The van der Waals surface area contributed by atoms with Gasteiger partial charge in [-0.3, -0.25) is 0 Å². The van der Waals surface area contributed by atoms with Crippen molar-refractivity contribution in [1.29, 1.82) is 0 Å². The quantitative estimate of drug-likeness (QED) is 0.700. The second-order valence-electron chi connectivity index (χ2n) is 5.69. The molecule has 0 spiro atoms. The number of fused-ring (bicyclic) bond motifs is 1. The van der Waals surface area contributed by atoms with Crippen LogP contribution in [0.1, 0.15) is 0 Å². The predicted molar refractivity (Wildman–Crippen MR) is 94.8 cm³/mol. The molecule has 0 radical (unpaired) electrons. The van der Waals surface area contributed by atoms with E-state index in [1.807, 2.05) is 11.4 Å². The highest BCUT2D eigenvalue weighted by molar-refractivity contribution is 7.89. The van der Waals surface area contributed by atoms with Gasteiger partial charge in [0, 0.05) is 26.2 Å². The predicted octanol–water partition coefficient (Wildman–Crippen LogP) is 2.34. The van der Waals surface area contributed by atoms with Gasteiger partial charge in [-0.2, -0.15) is 4.31 Å². The Bertz CT molecular complexity index is 1010. The molecule has 0 aliphatic carbocycles. The second-order valence-corrected chi connectivity index (χ2v) is 8.52. The summed E-state index contributed by atoms with van der Waals surface area (Å²) in [6, 6.07) is 7.10. The van der Waals surface area contributed by atoms with Crippen molar-refractivity contribution in [3.8, 4) is 0 Å². The highest BCUT2D eigenvalue weighted by Gasteiger charge is 2.29. The third-order valence-electron chi connectivity index (χ3n) is 4.21. The lowest BCUT2D eigenvalue weighted by atomic mass is 10.3. The Hall–Kier alpha value is -2.10. The Labute approximate surface area is 148 Å². The molecule has 25 heavy (non-hydrogen) atoms. The lowest BCUT2D eigenvalue weighted by Crippen LogP contribution is -2.49. The van der Waals surface area contributed by atoms with Crippen molar-refractivity contribution < 1.29 is 12.8 Å². The number of anilines is 1. The topological polar surface area (TPSA) is 66.4 Å². The highest BCUT2D eigenvalue weighted by Crippen LogP contribution is 2.28. The zero-order chi connectivity index (χ0) is 17.4. The van der Waals surface area contributed by atoms with Gasteiger partial charge < -0.3 is 4.90 Å². The number of thiophene rings is 1. The summed E-state index contributed by atoms with van der Waals surface area (Å²) in [7, 11) is -3.69. The molecule has 1 saturated heterocycles. The molecule has 1 aromatic carbocycles. The van der Waals surface area contributed by atoms with Gasteiger partial charge in [0.1, 0.15) is 22.8 Å². The van der Waals surface area contributed by atoms with Crippen LogP contribution in [0.5, 0.6) is 0 Å². The molecule has 0 atom stereocenters. The van der Waals surface area contributed by atoms with Gasteiger partial charge in [0.2, 0.25) is 10.0 Å². The fourth-order valence-corrected chi connectivity index (χ4v) is 5.13. The maximum Gasteiger partial charge on any atom is 0.243 e. The zero-order valence-electron chi connectivity index (χ0n) is 13.2. The van der Waals surface area contributed by atoms with E-state index in [0.717, 1.165) is 22.1 Å². The van der Waals surface area contributed by atoms with E-state index < -0.39 is 15.8 Å². The number of aromatic nitrogens is 2. The van der Waals surface area contributed by atoms with Gasteiger partial charge in [0.25, 0.3) is 0 Å². The minimum Gasteiger partial charge on any atom is -0.353 e. The molecule has 2 aromatic heterocycles. The molecule has 1 aliphatic heterocycles. The van der Waals surface area contributed by atoms with Crippen LogP contribution in [-0.4, -0.2) is 48.9 Å².